The number of halogens is 1. The van der Waals surface area contributed by atoms with Crippen LogP contribution in [-0.4, -0.2) is 48.3 Å². The summed E-state index contributed by atoms with van der Waals surface area (Å²) in [5, 5.41) is 8.69. The van der Waals surface area contributed by atoms with Gasteiger partial charge in [0.2, 0.25) is 11.8 Å². The van der Waals surface area contributed by atoms with Crippen LogP contribution in [0.2, 0.25) is 5.02 Å². The number of rotatable bonds is 9. The molecule has 198 valence electrons. The largest absolute Gasteiger partial charge is 0.436 e. The number of pyridine rings is 1. The zero-order chi connectivity index (χ0) is 26.5. The molecule has 1 fully saturated rings. The summed E-state index contributed by atoms with van der Waals surface area (Å²) >= 11 is 6.61. The fraction of sp³-hybridized carbons (Fsp3) is 0.321. The predicted octanol–water partition coefficient (Wildman–Crippen LogP) is 5.63. The van der Waals surface area contributed by atoms with Crippen LogP contribution in [-0.2, 0) is 15.6 Å². The second-order valence-corrected chi connectivity index (χ2v) is 12.0. The van der Waals surface area contributed by atoms with E-state index in [1.807, 2.05) is 49.4 Å². The lowest BCUT2D eigenvalue weighted by molar-refractivity contribution is 0.470. The lowest BCUT2D eigenvalue weighted by Crippen LogP contribution is -2.38. The van der Waals surface area contributed by atoms with Crippen LogP contribution in [0.5, 0.6) is 11.6 Å². The van der Waals surface area contributed by atoms with E-state index in [4.69, 9.17) is 21.3 Å². The second-order valence-electron chi connectivity index (χ2n) is 9.39. The van der Waals surface area contributed by atoms with Crippen LogP contribution in [0.1, 0.15) is 31.7 Å². The first-order valence-electron chi connectivity index (χ1n) is 12.8. The minimum Gasteiger partial charge on any atom is -0.436 e. The van der Waals surface area contributed by atoms with Crippen molar-refractivity contribution in [3.63, 3.8) is 0 Å². The maximum Gasteiger partial charge on any atom is 0.228 e. The smallest absolute Gasteiger partial charge is 0.228 e. The van der Waals surface area contributed by atoms with E-state index < -0.39 is 9.84 Å². The Hall–Kier alpha value is -3.27. The Bertz CT molecular complexity index is 1540. The Labute approximate surface area is 227 Å². The number of nitrogens with zero attached hydrogens (tertiary/aromatic N) is 3. The third kappa shape index (κ3) is 6.06. The summed E-state index contributed by atoms with van der Waals surface area (Å²) in [7, 11) is -3.23. The Morgan fingerprint density at radius 2 is 1.97 bits per heavy atom. The number of hydrogen-bond acceptors (Lipinski definition) is 8. The number of fused-ring (bicyclic) bond motifs is 1. The van der Waals surface area contributed by atoms with Gasteiger partial charge >= 0.3 is 0 Å². The lowest BCUT2D eigenvalue weighted by atomic mass is 10.0. The van der Waals surface area contributed by atoms with E-state index in [2.05, 4.69) is 20.6 Å². The minimum absolute atomic E-state index is 0.0404. The maximum absolute atomic E-state index is 12.6. The number of piperidine rings is 1. The van der Waals surface area contributed by atoms with Gasteiger partial charge in [-0.2, -0.15) is 0 Å². The van der Waals surface area contributed by atoms with Crippen molar-refractivity contribution in [3.05, 3.63) is 71.5 Å². The number of nitrogens with one attached hydrogen (secondary N) is 2. The SMILES string of the molecule is CCCS(=O)(=O)Cc1cccc2c(Oc3ncccc3-c3ccnc(N[C@H]4CCCNC4)n3)c(Cl)ccc12. The van der Waals surface area contributed by atoms with Crippen LogP contribution in [0.4, 0.5) is 5.95 Å². The molecule has 2 aromatic carbocycles. The third-order valence-corrected chi connectivity index (χ3v) is 8.56. The topological polar surface area (TPSA) is 106 Å². The maximum atomic E-state index is 12.6. The molecule has 10 heteroatoms. The molecule has 38 heavy (non-hydrogen) atoms. The van der Waals surface area contributed by atoms with Gasteiger partial charge in [0.15, 0.2) is 15.6 Å². The highest BCUT2D eigenvalue weighted by molar-refractivity contribution is 7.90. The molecule has 0 radical (unpaired) electrons. The van der Waals surface area contributed by atoms with Crippen LogP contribution >= 0.6 is 11.6 Å². The van der Waals surface area contributed by atoms with Crippen molar-refractivity contribution in [3.8, 4) is 22.9 Å². The van der Waals surface area contributed by atoms with Crippen molar-refractivity contribution in [1.29, 1.82) is 0 Å². The molecule has 0 amide bonds. The van der Waals surface area contributed by atoms with Crippen LogP contribution in [0, 0.1) is 0 Å². The van der Waals surface area contributed by atoms with Gasteiger partial charge < -0.3 is 15.4 Å². The average Bonchev–Trinajstić information content (AvgIpc) is 2.91. The predicted molar refractivity (Wildman–Crippen MR) is 152 cm³/mol. The Kier molecular flexibility index (Phi) is 8.06. The zero-order valence-corrected chi connectivity index (χ0v) is 22.7. The Morgan fingerprint density at radius 1 is 1.08 bits per heavy atom. The first-order valence-corrected chi connectivity index (χ1v) is 15.0. The molecule has 1 saturated heterocycles. The highest BCUT2D eigenvalue weighted by Crippen LogP contribution is 2.40. The summed E-state index contributed by atoms with van der Waals surface area (Å²) in [6.07, 6.45) is 6.10. The molecule has 1 aliphatic heterocycles. The minimum atomic E-state index is -3.23. The summed E-state index contributed by atoms with van der Waals surface area (Å²) in [4.78, 5) is 13.6. The number of benzene rings is 2. The Balaban J connectivity index is 1.49. The van der Waals surface area contributed by atoms with E-state index in [0.29, 0.717) is 51.2 Å². The third-order valence-electron chi connectivity index (χ3n) is 6.48. The normalized spacial score (nSPS) is 15.9. The highest BCUT2D eigenvalue weighted by Gasteiger charge is 2.19. The van der Waals surface area contributed by atoms with Gasteiger partial charge in [0.05, 0.1) is 27.8 Å². The van der Waals surface area contributed by atoms with Crippen molar-refractivity contribution in [1.82, 2.24) is 20.3 Å². The van der Waals surface area contributed by atoms with Crippen LogP contribution in [0.25, 0.3) is 22.0 Å². The van der Waals surface area contributed by atoms with E-state index in [-0.39, 0.29) is 17.5 Å². The summed E-state index contributed by atoms with van der Waals surface area (Å²) in [6, 6.07) is 14.9. The van der Waals surface area contributed by atoms with Gasteiger partial charge in [-0.3, -0.25) is 0 Å². The molecule has 1 atom stereocenters. The summed E-state index contributed by atoms with van der Waals surface area (Å²) in [5.74, 6) is 1.41. The number of anilines is 1. The van der Waals surface area contributed by atoms with Gasteiger partial charge in [-0.25, -0.2) is 23.4 Å². The van der Waals surface area contributed by atoms with Crippen LogP contribution < -0.4 is 15.4 Å². The number of ether oxygens (including phenoxy) is 1. The molecule has 3 heterocycles. The van der Waals surface area contributed by atoms with Gasteiger partial charge in [0.25, 0.3) is 0 Å². The van der Waals surface area contributed by atoms with Crippen molar-refractivity contribution in [2.24, 2.45) is 0 Å². The first-order chi connectivity index (χ1) is 18.4. The van der Waals surface area contributed by atoms with Crippen molar-refractivity contribution < 1.29 is 13.2 Å². The molecule has 0 saturated carbocycles. The van der Waals surface area contributed by atoms with Crippen molar-refractivity contribution in [2.75, 3.05) is 24.2 Å². The van der Waals surface area contributed by atoms with E-state index in [1.54, 1.807) is 18.5 Å². The van der Waals surface area contributed by atoms with Gasteiger partial charge in [0, 0.05) is 30.4 Å². The Morgan fingerprint density at radius 3 is 2.79 bits per heavy atom. The molecule has 2 N–H and O–H groups in total. The second kappa shape index (κ2) is 11.6. The van der Waals surface area contributed by atoms with Crippen LogP contribution in [0.3, 0.4) is 0 Å². The quantitative estimate of drug-likeness (QED) is 0.276. The van der Waals surface area contributed by atoms with Crippen molar-refractivity contribution >= 4 is 38.2 Å². The van der Waals surface area contributed by atoms with E-state index in [1.165, 1.54) is 0 Å². The van der Waals surface area contributed by atoms with E-state index in [0.717, 1.165) is 31.3 Å². The molecular formula is C28H30ClN5O3S. The van der Waals surface area contributed by atoms with Gasteiger partial charge in [-0.05, 0) is 61.0 Å². The molecule has 5 rings (SSSR count). The lowest BCUT2D eigenvalue weighted by Gasteiger charge is -2.23. The van der Waals surface area contributed by atoms with Gasteiger partial charge in [-0.15, -0.1) is 0 Å². The monoisotopic (exact) mass is 551 g/mol. The molecule has 4 aromatic rings. The van der Waals surface area contributed by atoms with Gasteiger partial charge in [0.1, 0.15) is 0 Å². The number of sulfone groups is 1. The average molecular weight is 552 g/mol. The number of hydrogen-bond donors (Lipinski definition) is 2. The van der Waals surface area contributed by atoms with E-state index in [9.17, 15) is 8.42 Å². The summed E-state index contributed by atoms with van der Waals surface area (Å²) < 4.78 is 31.5. The molecule has 0 aliphatic carbocycles. The molecule has 0 spiro atoms. The molecular weight excluding hydrogens is 522 g/mol. The zero-order valence-electron chi connectivity index (χ0n) is 21.2. The highest BCUT2D eigenvalue weighted by atomic mass is 35.5. The fourth-order valence-electron chi connectivity index (χ4n) is 4.72. The van der Waals surface area contributed by atoms with Gasteiger partial charge in [-0.1, -0.05) is 42.8 Å². The molecule has 8 nitrogen and oxygen atoms in total. The molecule has 2 aromatic heterocycles. The molecule has 0 unspecified atom stereocenters. The first kappa shape index (κ1) is 26.3. The summed E-state index contributed by atoms with van der Waals surface area (Å²) in [6.45, 7) is 3.76. The standard InChI is InChI=1S/C28H30ClN5O3S/c1-2-16-38(35,36)18-19-6-3-8-22-21(19)10-11-24(29)26(22)37-27-23(9-5-14-31-27)25-12-15-32-28(34-25)33-20-7-4-13-30-17-20/h3,5-6,8-12,14-15,20,30H,2,4,7,13,16-18H2,1H3,(H,32,33,34)/t20-/m0/s1. The molecule has 0 bridgehead atoms. The fourth-order valence-corrected chi connectivity index (χ4v) is 6.41. The molecule has 1 aliphatic rings. The van der Waals surface area contributed by atoms with Crippen LogP contribution in [0.15, 0.2) is 60.9 Å². The van der Waals surface area contributed by atoms with Crippen molar-refractivity contribution in [2.45, 2.75) is 38.0 Å². The van der Waals surface area contributed by atoms with E-state index >= 15 is 0 Å². The summed E-state index contributed by atoms with van der Waals surface area (Å²) in [5.41, 5.74) is 2.06. The number of aromatic nitrogens is 3.